The molecule has 3 N–H and O–H groups in total. The van der Waals surface area contributed by atoms with E-state index in [0.717, 1.165) is 0 Å². The lowest BCUT2D eigenvalue weighted by Crippen LogP contribution is -2.30. The van der Waals surface area contributed by atoms with Gasteiger partial charge in [-0.2, -0.15) is 13.1 Å². The number of benzene rings is 1. The van der Waals surface area contributed by atoms with Crippen molar-refractivity contribution in [3.8, 4) is 0 Å². The Morgan fingerprint density at radius 3 is 2.71 bits per heavy atom. The average Bonchev–Trinajstić information content (AvgIpc) is 2.05. The van der Waals surface area contributed by atoms with E-state index in [1.165, 1.54) is 18.2 Å². The van der Waals surface area contributed by atoms with Crippen molar-refractivity contribution in [3.05, 3.63) is 34.1 Å². The molecule has 7 heteroatoms. The molecular formula is C7H8BrFN2O2S. The van der Waals surface area contributed by atoms with Gasteiger partial charge in [0.15, 0.2) is 0 Å². The first-order valence-corrected chi connectivity index (χ1v) is 5.94. The van der Waals surface area contributed by atoms with Crippen molar-refractivity contribution in [2.24, 2.45) is 5.14 Å². The smallest absolute Gasteiger partial charge is 0.216 e. The first-order chi connectivity index (χ1) is 6.38. The molecular weight excluding hydrogens is 275 g/mol. The van der Waals surface area contributed by atoms with Crippen molar-refractivity contribution < 1.29 is 12.8 Å². The minimum absolute atomic E-state index is 0.0445. The van der Waals surface area contributed by atoms with Gasteiger partial charge in [0.05, 0.1) is 0 Å². The van der Waals surface area contributed by atoms with Crippen LogP contribution in [0.1, 0.15) is 5.56 Å². The van der Waals surface area contributed by atoms with Gasteiger partial charge in [0.25, 0.3) is 10.2 Å². The van der Waals surface area contributed by atoms with Gasteiger partial charge in [-0.15, -0.1) is 0 Å². The second kappa shape index (κ2) is 4.35. The van der Waals surface area contributed by atoms with Crippen molar-refractivity contribution in [1.29, 1.82) is 0 Å². The number of rotatable bonds is 3. The summed E-state index contributed by atoms with van der Waals surface area (Å²) < 4.78 is 36.5. The van der Waals surface area contributed by atoms with E-state index in [4.69, 9.17) is 5.14 Å². The van der Waals surface area contributed by atoms with Crippen LogP contribution in [0.3, 0.4) is 0 Å². The van der Waals surface area contributed by atoms with Gasteiger partial charge < -0.3 is 0 Å². The molecule has 0 unspecified atom stereocenters. The van der Waals surface area contributed by atoms with Crippen LogP contribution >= 0.6 is 15.9 Å². The molecule has 1 aromatic carbocycles. The highest BCUT2D eigenvalue weighted by Gasteiger charge is 2.05. The van der Waals surface area contributed by atoms with Gasteiger partial charge in [0, 0.05) is 11.0 Å². The van der Waals surface area contributed by atoms with E-state index in [2.05, 4.69) is 20.7 Å². The van der Waals surface area contributed by atoms with Gasteiger partial charge in [0.1, 0.15) is 5.82 Å². The van der Waals surface area contributed by atoms with E-state index < -0.39 is 16.0 Å². The van der Waals surface area contributed by atoms with Crippen LogP contribution in [-0.2, 0) is 16.8 Å². The van der Waals surface area contributed by atoms with Crippen LogP contribution in [0.25, 0.3) is 0 Å². The van der Waals surface area contributed by atoms with Crippen molar-refractivity contribution in [1.82, 2.24) is 4.72 Å². The Balaban J connectivity index is 2.81. The van der Waals surface area contributed by atoms with Crippen LogP contribution in [0.15, 0.2) is 22.7 Å². The first kappa shape index (κ1) is 11.6. The predicted octanol–water partition coefficient (Wildman–Crippen LogP) is 0.881. The summed E-state index contributed by atoms with van der Waals surface area (Å²) in [5, 5.41) is 4.72. The lowest BCUT2D eigenvalue weighted by molar-refractivity contribution is 0.582. The summed E-state index contributed by atoms with van der Waals surface area (Å²) in [5.74, 6) is -0.431. The third-order valence-electron chi connectivity index (χ3n) is 1.47. The Hall–Kier alpha value is -0.500. The van der Waals surface area contributed by atoms with E-state index >= 15 is 0 Å². The molecule has 0 saturated heterocycles. The molecule has 1 rings (SSSR count). The molecule has 0 aliphatic heterocycles. The highest BCUT2D eigenvalue weighted by molar-refractivity contribution is 9.10. The topological polar surface area (TPSA) is 72.2 Å². The van der Waals surface area contributed by atoms with Gasteiger partial charge in [0.2, 0.25) is 0 Å². The van der Waals surface area contributed by atoms with E-state index in [-0.39, 0.29) is 6.54 Å². The van der Waals surface area contributed by atoms with Crippen LogP contribution in [-0.4, -0.2) is 8.42 Å². The van der Waals surface area contributed by atoms with Crippen molar-refractivity contribution in [3.63, 3.8) is 0 Å². The highest BCUT2D eigenvalue weighted by atomic mass is 79.9. The molecule has 0 fully saturated rings. The van der Waals surface area contributed by atoms with Crippen molar-refractivity contribution in [2.45, 2.75) is 6.54 Å². The maximum absolute atomic E-state index is 12.7. The Morgan fingerprint density at radius 1 is 1.50 bits per heavy atom. The number of nitrogens with two attached hydrogens (primary N) is 1. The minimum Gasteiger partial charge on any atom is -0.216 e. The summed E-state index contributed by atoms with van der Waals surface area (Å²) in [7, 11) is -3.75. The number of hydrogen-bond acceptors (Lipinski definition) is 2. The van der Waals surface area contributed by atoms with Crippen LogP contribution in [0.4, 0.5) is 4.39 Å². The fraction of sp³-hybridized carbons (Fsp3) is 0.143. The summed E-state index contributed by atoms with van der Waals surface area (Å²) >= 11 is 3.16. The quantitative estimate of drug-likeness (QED) is 0.864. The normalized spacial score (nSPS) is 11.6. The molecule has 0 amide bonds. The SMILES string of the molecule is NS(=O)(=O)NCc1cc(F)ccc1Br. The van der Waals surface area contributed by atoms with E-state index in [0.29, 0.717) is 10.0 Å². The fourth-order valence-corrected chi connectivity index (χ4v) is 1.60. The lowest BCUT2D eigenvalue weighted by Gasteiger charge is -2.04. The zero-order valence-electron chi connectivity index (χ0n) is 7.00. The van der Waals surface area contributed by atoms with Crippen LogP contribution in [0.5, 0.6) is 0 Å². The number of halogens is 2. The number of hydrogen-bond donors (Lipinski definition) is 2. The Bertz CT molecular complexity index is 435. The maximum Gasteiger partial charge on any atom is 0.274 e. The molecule has 0 radical (unpaired) electrons. The maximum atomic E-state index is 12.7. The molecule has 0 aliphatic rings. The van der Waals surface area contributed by atoms with Gasteiger partial charge >= 0.3 is 0 Å². The van der Waals surface area contributed by atoms with E-state index in [1.54, 1.807) is 0 Å². The standard InChI is InChI=1S/C7H8BrFN2O2S/c8-7-2-1-6(9)3-5(7)4-11-14(10,12)13/h1-3,11H,4H2,(H2,10,12,13). The zero-order valence-corrected chi connectivity index (χ0v) is 9.40. The monoisotopic (exact) mass is 282 g/mol. The molecule has 14 heavy (non-hydrogen) atoms. The molecule has 0 bridgehead atoms. The second-order valence-electron chi connectivity index (χ2n) is 2.60. The molecule has 4 nitrogen and oxygen atoms in total. The lowest BCUT2D eigenvalue weighted by atomic mass is 10.2. The average molecular weight is 283 g/mol. The predicted molar refractivity (Wildman–Crippen MR) is 54.0 cm³/mol. The molecule has 0 atom stereocenters. The summed E-state index contributed by atoms with van der Waals surface area (Å²) in [5.41, 5.74) is 0.485. The number of nitrogens with one attached hydrogen (secondary N) is 1. The Morgan fingerprint density at radius 2 is 2.14 bits per heavy atom. The van der Waals surface area contributed by atoms with Gasteiger partial charge in [-0.1, -0.05) is 15.9 Å². The molecule has 0 aromatic heterocycles. The Labute approximate surface area is 89.6 Å². The summed E-state index contributed by atoms with van der Waals surface area (Å²) in [6.45, 7) is -0.0445. The van der Waals surface area contributed by atoms with Crippen LogP contribution < -0.4 is 9.86 Å². The van der Waals surface area contributed by atoms with E-state index in [1.807, 2.05) is 0 Å². The van der Waals surface area contributed by atoms with Gasteiger partial charge in [-0.05, 0) is 23.8 Å². The van der Waals surface area contributed by atoms with Crippen LogP contribution in [0, 0.1) is 5.82 Å². The third-order valence-corrected chi connectivity index (χ3v) is 2.79. The Kier molecular flexibility index (Phi) is 3.59. The summed E-state index contributed by atoms with van der Waals surface area (Å²) in [4.78, 5) is 0. The molecule has 0 spiro atoms. The zero-order chi connectivity index (χ0) is 10.8. The molecule has 0 aliphatic carbocycles. The molecule has 1 aromatic rings. The fourth-order valence-electron chi connectivity index (χ4n) is 0.857. The van der Waals surface area contributed by atoms with Gasteiger partial charge in [-0.3, -0.25) is 0 Å². The van der Waals surface area contributed by atoms with Crippen molar-refractivity contribution in [2.75, 3.05) is 0 Å². The highest BCUT2D eigenvalue weighted by Crippen LogP contribution is 2.17. The minimum atomic E-state index is -3.75. The van der Waals surface area contributed by atoms with Gasteiger partial charge in [-0.25, -0.2) is 9.53 Å². The summed E-state index contributed by atoms with van der Waals surface area (Å²) in [6, 6.07) is 3.99. The summed E-state index contributed by atoms with van der Waals surface area (Å²) in [6.07, 6.45) is 0. The third kappa shape index (κ3) is 3.70. The largest absolute Gasteiger partial charge is 0.274 e. The van der Waals surface area contributed by atoms with Crippen LogP contribution in [0.2, 0.25) is 0 Å². The molecule has 78 valence electrons. The molecule has 0 heterocycles. The molecule has 0 saturated carbocycles. The van der Waals surface area contributed by atoms with E-state index in [9.17, 15) is 12.8 Å². The van der Waals surface area contributed by atoms with Crippen molar-refractivity contribution >= 4 is 26.1 Å². The first-order valence-electron chi connectivity index (χ1n) is 3.60. The second-order valence-corrected chi connectivity index (χ2v) is 4.83.